The van der Waals surface area contributed by atoms with Crippen LogP contribution in [-0.2, 0) is 24.3 Å². The lowest BCUT2D eigenvalue weighted by Gasteiger charge is -2.14. The molecule has 7 nitrogen and oxygen atoms in total. The molecule has 4 rings (SSSR count). The van der Waals surface area contributed by atoms with Gasteiger partial charge in [-0.05, 0) is 18.4 Å². The summed E-state index contributed by atoms with van der Waals surface area (Å²) >= 11 is 3.10. The third-order valence-electron chi connectivity index (χ3n) is 4.05. The number of aryl methyl sites for hydroxylation is 1. The van der Waals surface area contributed by atoms with Crippen LogP contribution in [0.4, 0.5) is 0 Å². The minimum absolute atomic E-state index is 0.0853. The fourth-order valence-corrected chi connectivity index (χ4v) is 4.67. The highest BCUT2D eigenvalue weighted by atomic mass is 32.1. The van der Waals surface area contributed by atoms with Gasteiger partial charge in [0.15, 0.2) is 0 Å². The molecule has 0 aliphatic carbocycles. The molecule has 0 fully saturated rings. The van der Waals surface area contributed by atoms with Gasteiger partial charge in [0, 0.05) is 10.6 Å². The van der Waals surface area contributed by atoms with Crippen molar-refractivity contribution in [2.75, 3.05) is 0 Å². The molecular formula is C16H14N4O3S2. The molecule has 0 unspecified atom stereocenters. The molecule has 25 heavy (non-hydrogen) atoms. The van der Waals surface area contributed by atoms with Crippen LogP contribution in [0, 0.1) is 6.92 Å². The molecule has 1 aliphatic heterocycles. The van der Waals surface area contributed by atoms with Crippen molar-refractivity contribution in [3.63, 3.8) is 0 Å². The Balaban J connectivity index is 1.58. The average Bonchev–Trinajstić information content (AvgIpc) is 3.26. The quantitative estimate of drug-likeness (QED) is 0.728. The second kappa shape index (κ2) is 6.08. The molecule has 0 saturated heterocycles. The number of amides is 1. The lowest BCUT2D eigenvalue weighted by molar-refractivity contribution is -0.131. The summed E-state index contributed by atoms with van der Waals surface area (Å²) in [7, 11) is 0. The van der Waals surface area contributed by atoms with Gasteiger partial charge >= 0.3 is 5.69 Å². The summed E-state index contributed by atoms with van der Waals surface area (Å²) in [6.45, 7) is 2.39. The number of rotatable bonds is 3. The lowest BCUT2D eigenvalue weighted by atomic mass is 10.2. The zero-order valence-electron chi connectivity index (χ0n) is 13.3. The highest BCUT2D eigenvalue weighted by Gasteiger charge is 2.28. The Bertz CT molecular complexity index is 1060. The average molecular weight is 374 g/mol. The Morgan fingerprint density at radius 1 is 1.32 bits per heavy atom. The molecule has 0 saturated carbocycles. The lowest BCUT2D eigenvalue weighted by Crippen LogP contribution is -2.28. The van der Waals surface area contributed by atoms with Crippen molar-refractivity contribution in [2.24, 2.45) is 0 Å². The first-order chi connectivity index (χ1) is 12.0. The van der Waals surface area contributed by atoms with Gasteiger partial charge in [-0.2, -0.15) is 0 Å². The first-order valence-electron chi connectivity index (χ1n) is 7.63. The van der Waals surface area contributed by atoms with Gasteiger partial charge in [0.05, 0.1) is 40.7 Å². The van der Waals surface area contributed by atoms with E-state index >= 15 is 0 Å². The summed E-state index contributed by atoms with van der Waals surface area (Å²) in [5, 5.41) is 2.90. The Morgan fingerprint density at radius 3 is 2.92 bits per heavy atom. The topological polar surface area (TPSA) is 98.9 Å². The zero-order valence-corrected chi connectivity index (χ0v) is 14.9. The van der Waals surface area contributed by atoms with Gasteiger partial charge in [0.25, 0.3) is 5.56 Å². The van der Waals surface area contributed by atoms with Gasteiger partial charge in [-0.25, -0.2) is 9.78 Å². The molecular weight excluding hydrogens is 360 g/mol. The molecule has 2 N–H and O–H groups in total. The van der Waals surface area contributed by atoms with Crippen LogP contribution in [0.2, 0.25) is 0 Å². The number of hydrogen-bond acceptors (Lipinski definition) is 6. The van der Waals surface area contributed by atoms with E-state index in [1.165, 1.54) is 11.3 Å². The van der Waals surface area contributed by atoms with Crippen LogP contribution < -0.4 is 11.2 Å². The largest absolute Gasteiger partial charge is 0.332 e. The van der Waals surface area contributed by atoms with E-state index in [9.17, 15) is 14.4 Å². The Kier molecular flexibility index (Phi) is 3.89. The van der Waals surface area contributed by atoms with Crippen molar-refractivity contribution in [1.82, 2.24) is 19.9 Å². The Hall–Kier alpha value is -2.52. The predicted octanol–water partition coefficient (Wildman–Crippen LogP) is 1.64. The summed E-state index contributed by atoms with van der Waals surface area (Å²) in [5.74, 6) is -0.0853. The molecule has 1 amide bonds. The number of thiazole rings is 1. The van der Waals surface area contributed by atoms with Crippen LogP contribution in [0.5, 0.6) is 0 Å². The number of thiophene rings is 1. The minimum Gasteiger partial charge on any atom is -0.332 e. The maximum Gasteiger partial charge on any atom is 0.325 e. The molecule has 128 valence electrons. The number of fused-ring (bicyclic) bond motifs is 1. The van der Waals surface area contributed by atoms with Gasteiger partial charge in [0.1, 0.15) is 0 Å². The van der Waals surface area contributed by atoms with E-state index in [0.717, 1.165) is 20.5 Å². The summed E-state index contributed by atoms with van der Waals surface area (Å²) in [4.78, 5) is 48.8. The van der Waals surface area contributed by atoms with Crippen molar-refractivity contribution in [1.29, 1.82) is 0 Å². The molecule has 0 bridgehead atoms. The number of aromatic nitrogens is 3. The van der Waals surface area contributed by atoms with Crippen molar-refractivity contribution < 1.29 is 4.79 Å². The molecule has 4 heterocycles. The van der Waals surface area contributed by atoms with Crippen LogP contribution in [0.25, 0.3) is 10.6 Å². The minimum atomic E-state index is -0.545. The van der Waals surface area contributed by atoms with E-state index < -0.39 is 11.2 Å². The van der Waals surface area contributed by atoms with E-state index in [0.29, 0.717) is 11.3 Å². The summed E-state index contributed by atoms with van der Waals surface area (Å²) in [5.41, 5.74) is 0.847. The van der Waals surface area contributed by atoms with Crippen LogP contribution in [-0.4, -0.2) is 25.8 Å². The number of carbonyl (C=O) groups is 1. The SMILES string of the molecule is Cc1nc(-c2cccs2)c(CC(=O)N2Cc3[nH]c(=O)[nH]c(=O)c3C2)s1. The van der Waals surface area contributed by atoms with Crippen molar-refractivity contribution in [3.05, 3.63) is 59.5 Å². The third-order valence-corrected chi connectivity index (χ3v) is 5.90. The maximum atomic E-state index is 12.7. The van der Waals surface area contributed by atoms with E-state index in [-0.39, 0.29) is 25.4 Å². The number of H-pyrrole nitrogens is 2. The van der Waals surface area contributed by atoms with Crippen LogP contribution in [0.3, 0.4) is 0 Å². The van der Waals surface area contributed by atoms with Gasteiger partial charge in [0.2, 0.25) is 5.91 Å². The fraction of sp³-hybridized carbons (Fsp3) is 0.250. The fourth-order valence-electron chi connectivity index (χ4n) is 2.92. The van der Waals surface area contributed by atoms with Gasteiger partial charge in [-0.1, -0.05) is 6.07 Å². The molecule has 0 radical (unpaired) electrons. The van der Waals surface area contributed by atoms with Crippen LogP contribution in [0.15, 0.2) is 27.1 Å². The highest BCUT2D eigenvalue weighted by Crippen LogP contribution is 2.32. The third kappa shape index (κ3) is 2.96. The summed E-state index contributed by atoms with van der Waals surface area (Å²) < 4.78 is 0. The molecule has 0 aromatic carbocycles. The van der Waals surface area contributed by atoms with E-state index in [4.69, 9.17) is 0 Å². The van der Waals surface area contributed by atoms with Crippen LogP contribution in [0.1, 0.15) is 21.1 Å². The van der Waals surface area contributed by atoms with Crippen molar-refractivity contribution in [3.8, 4) is 10.6 Å². The number of nitrogens with zero attached hydrogens (tertiary/aromatic N) is 2. The normalized spacial score (nSPS) is 13.2. The van der Waals surface area contributed by atoms with E-state index in [1.807, 2.05) is 24.4 Å². The first-order valence-corrected chi connectivity index (χ1v) is 9.33. The monoisotopic (exact) mass is 374 g/mol. The van der Waals surface area contributed by atoms with Crippen LogP contribution >= 0.6 is 22.7 Å². The zero-order chi connectivity index (χ0) is 17.6. The van der Waals surface area contributed by atoms with Gasteiger partial charge < -0.3 is 9.88 Å². The van der Waals surface area contributed by atoms with Gasteiger partial charge in [-0.15, -0.1) is 22.7 Å². The maximum absolute atomic E-state index is 12.7. The molecule has 9 heteroatoms. The van der Waals surface area contributed by atoms with E-state index in [2.05, 4.69) is 15.0 Å². The summed E-state index contributed by atoms with van der Waals surface area (Å²) in [6, 6.07) is 3.95. The first kappa shape index (κ1) is 16.0. The second-order valence-electron chi connectivity index (χ2n) is 5.77. The summed E-state index contributed by atoms with van der Waals surface area (Å²) in [6.07, 6.45) is 0.231. The molecule has 1 aliphatic rings. The highest BCUT2D eigenvalue weighted by molar-refractivity contribution is 7.15. The molecule has 3 aromatic heterocycles. The number of aromatic amines is 2. The molecule has 3 aromatic rings. The smallest absolute Gasteiger partial charge is 0.325 e. The van der Waals surface area contributed by atoms with E-state index in [1.54, 1.807) is 16.2 Å². The van der Waals surface area contributed by atoms with Crippen molar-refractivity contribution >= 4 is 28.6 Å². The molecule has 0 atom stereocenters. The number of carbonyl (C=O) groups excluding carboxylic acids is 1. The Morgan fingerprint density at radius 2 is 2.16 bits per heavy atom. The number of hydrogen-bond donors (Lipinski definition) is 2. The number of nitrogens with one attached hydrogen (secondary N) is 2. The van der Waals surface area contributed by atoms with Gasteiger partial charge in [-0.3, -0.25) is 14.6 Å². The standard InChI is InChI=1S/C16H14N4O3S2/c1-8-17-14(11-3-2-4-24-11)12(25-8)5-13(21)20-6-9-10(7-20)18-16(23)19-15(9)22/h2-4H,5-7H2,1H3,(H2,18,19,22,23). The molecule has 0 spiro atoms. The second-order valence-corrected chi connectivity index (χ2v) is 8.01. The predicted molar refractivity (Wildman–Crippen MR) is 95.8 cm³/mol. The van der Waals surface area contributed by atoms with Crippen molar-refractivity contribution in [2.45, 2.75) is 26.4 Å². The Labute approximate surface area is 150 Å².